The Kier molecular flexibility index (Phi) is 4.62. The van der Waals surface area contributed by atoms with Crippen LogP contribution in [0.4, 0.5) is 0 Å². The first kappa shape index (κ1) is 17.3. The molecule has 6 heteroatoms. The molecule has 0 bridgehead atoms. The standard InChI is InChI=1S/C21H20N2O4/c1-13(14-7-8-14)22-19(24)12-26-21(25)16-9-10-18-17(11-16)20(27-23-18)15-5-3-2-4-6-15/h2-6,9-11,13-14H,7-8,12H2,1H3,(H,22,24)/t13-/m1/s1. The molecule has 0 spiro atoms. The van der Waals surface area contributed by atoms with Crippen molar-refractivity contribution in [3.05, 3.63) is 54.1 Å². The first-order valence-electron chi connectivity index (χ1n) is 9.03. The lowest BCUT2D eigenvalue weighted by molar-refractivity contribution is -0.124. The molecule has 1 atom stereocenters. The average Bonchev–Trinajstić information content (AvgIpc) is 3.46. The van der Waals surface area contributed by atoms with Gasteiger partial charge in [-0.25, -0.2) is 4.79 Å². The Hall–Kier alpha value is -3.15. The van der Waals surface area contributed by atoms with Crippen molar-refractivity contribution in [2.75, 3.05) is 6.61 Å². The van der Waals surface area contributed by atoms with Crippen molar-refractivity contribution in [2.45, 2.75) is 25.8 Å². The van der Waals surface area contributed by atoms with E-state index in [1.165, 1.54) is 0 Å². The van der Waals surface area contributed by atoms with E-state index in [0.717, 1.165) is 23.8 Å². The van der Waals surface area contributed by atoms with Gasteiger partial charge < -0.3 is 14.6 Å². The number of ether oxygens (including phenoxy) is 1. The van der Waals surface area contributed by atoms with Crippen LogP contribution in [-0.4, -0.2) is 29.7 Å². The van der Waals surface area contributed by atoms with Gasteiger partial charge >= 0.3 is 5.97 Å². The number of carbonyl (C=O) groups is 2. The number of nitrogens with one attached hydrogen (secondary N) is 1. The van der Waals surface area contributed by atoms with E-state index in [1.54, 1.807) is 18.2 Å². The summed E-state index contributed by atoms with van der Waals surface area (Å²) in [6, 6.07) is 14.7. The molecule has 1 saturated carbocycles. The summed E-state index contributed by atoms with van der Waals surface area (Å²) in [5.41, 5.74) is 1.88. The highest BCUT2D eigenvalue weighted by molar-refractivity contribution is 5.99. The quantitative estimate of drug-likeness (QED) is 0.676. The molecule has 4 rings (SSSR count). The summed E-state index contributed by atoms with van der Waals surface area (Å²) in [5.74, 6) is 0.318. The summed E-state index contributed by atoms with van der Waals surface area (Å²) in [6.45, 7) is 1.69. The second kappa shape index (κ2) is 7.23. The number of hydrogen-bond acceptors (Lipinski definition) is 5. The Labute approximate surface area is 156 Å². The van der Waals surface area contributed by atoms with Crippen LogP contribution in [0.15, 0.2) is 53.1 Å². The zero-order chi connectivity index (χ0) is 18.8. The minimum absolute atomic E-state index is 0.123. The van der Waals surface area contributed by atoms with Crippen LogP contribution in [0, 0.1) is 5.92 Å². The third-order valence-corrected chi connectivity index (χ3v) is 4.80. The molecule has 2 aromatic carbocycles. The Morgan fingerprint density at radius 3 is 2.74 bits per heavy atom. The summed E-state index contributed by atoms with van der Waals surface area (Å²) in [6.07, 6.45) is 2.29. The number of fused-ring (bicyclic) bond motifs is 1. The minimum atomic E-state index is -0.550. The Morgan fingerprint density at radius 2 is 2.00 bits per heavy atom. The molecule has 1 aliphatic rings. The van der Waals surface area contributed by atoms with E-state index in [4.69, 9.17) is 9.26 Å². The summed E-state index contributed by atoms with van der Waals surface area (Å²) < 4.78 is 10.6. The highest BCUT2D eigenvalue weighted by Crippen LogP contribution is 2.32. The summed E-state index contributed by atoms with van der Waals surface area (Å²) in [4.78, 5) is 24.3. The molecule has 1 aromatic heterocycles. The highest BCUT2D eigenvalue weighted by Gasteiger charge is 2.29. The molecule has 0 unspecified atom stereocenters. The van der Waals surface area contributed by atoms with E-state index in [-0.39, 0.29) is 18.6 Å². The first-order chi connectivity index (χ1) is 13.1. The van der Waals surface area contributed by atoms with Gasteiger partial charge in [-0.3, -0.25) is 4.79 Å². The van der Waals surface area contributed by atoms with Crippen LogP contribution in [0.25, 0.3) is 22.2 Å². The van der Waals surface area contributed by atoms with E-state index < -0.39 is 5.97 Å². The molecule has 1 fully saturated rings. The second-order valence-electron chi connectivity index (χ2n) is 6.88. The van der Waals surface area contributed by atoms with Crippen molar-refractivity contribution in [1.29, 1.82) is 0 Å². The second-order valence-corrected chi connectivity index (χ2v) is 6.88. The number of rotatable bonds is 6. The van der Waals surface area contributed by atoms with E-state index in [9.17, 15) is 9.59 Å². The summed E-state index contributed by atoms with van der Waals surface area (Å²) >= 11 is 0. The molecule has 1 amide bonds. The molecule has 0 radical (unpaired) electrons. The number of hydrogen-bond donors (Lipinski definition) is 1. The fourth-order valence-corrected chi connectivity index (χ4v) is 3.09. The van der Waals surface area contributed by atoms with E-state index >= 15 is 0 Å². The van der Waals surface area contributed by atoms with Crippen molar-refractivity contribution in [3.63, 3.8) is 0 Å². The zero-order valence-corrected chi connectivity index (χ0v) is 15.0. The summed E-state index contributed by atoms with van der Waals surface area (Å²) in [5, 5.41) is 7.62. The third kappa shape index (κ3) is 3.84. The number of carbonyl (C=O) groups excluding carboxylic acids is 2. The van der Waals surface area contributed by atoms with E-state index in [2.05, 4.69) is 10.5 Å². The molecule has 1 N–H and O–H groups in total. The van der Waals surface area contributed by atoms with Crippen LogP contribution in [0.5, 0.6) is 0 Å². The predicted molar refractivity (Wildman–Crippen MR) is 100 cm³/mol. The van der Waals surface area contributed by atoms with Crippen molar-refractivity contribution in [1.82, 2.24) is 10.5 Å². The molecular formula is C21H20N2O4. The zero-order valence-electron chi connectivity index (χ0n) is 15.0. The minimum Gasteiger partial charge on any atom is -0.452 e. The van der Waals surface area contributed by atoms with Gasteiger partial charge in [0.05, 0.1) is 10.9 Å². The maximum Gasteiger partial charge on any atom is 0.338 e. The third-order valence-electron chi connectivity index (χ3n) is 4.80. The molecule has 1 aliphatic carbocycles. The van der Waals surface area contributed by atoms with Crippen molar-refractivity contribution in [3.8, 4) is 11.3 Å². The fraction of sp³-hybridized carbons (Fsp3) is 0.286. The fourth-order valence-electron chi connectivity index (χ4n) is 3.09. The lowest BCUT2D eigenvalue weighted by atomic mass is 10.1. The summed E-state index contributed by atoms with van der Waals surface area (Å²) in [7, 11) is 0. The van der Waals surface area contributed by atoms with Crippen LogP contribution >= 0.6 is 0 Å². The number of amides is 1. The SMILES string of the molecule is C[C@@H](NC(=O)COC(=O)c1ccc2noc(-c3ccccc3)c2c1)C1CC1. The molecule has 3 aromatic rings. The Morgan fingerprint density at radius 1 is 1.22 bits per heavy atom. The number of benzene rings is 2. The van der Waals surface area contributed by atoms with Gasteiger partial charge in [-0.1, -0.05) is 35.5 Å². The number of esters is 1. The maximum absolute atomic E-state index is 12.3. The van der Waals surface area contributed by atoms with Gasteiger partial charge in [0.15, 0.2) is 12.4 Å². The van der Waals surface area contributed by atoms with Crippen molar-refractivity contribution >= 4 is 22.8 Å². The molecule has 138 valence electrons. The number of nitrogens with zero attached hydrogens (tertiary/aromatic N) is 1. The number of aromatic nitrogens is 1. The van der Waals surface area contributed by atoms with E-state index in [1.807, 2.05) is 37.3 Å². The van der Waals surface area contributed by atoms with Crippen LogP contribution in [0.3, 0.4) is 0 Å². The first-order valence-corrected chi connectivity index (χ1v) is 9.03. The van der Waals surface area contributed by atoms with Crippen LogP contribution in [0.1, 0.15) is 30.1 Å². The lowest BCUT2D eigenvalue weighted by Gasteiger charge is -2.12. The van der Waals surface area contributed by atoms with Gasteiger partial charge in [-0.05, 0) is 43.9 Å². The molecular weight excluding hydrogens is 344 g/mol. The molecule has 0 aliphatic heterocycles. The molecule has 0 saturated heterocycles. The monoisotopic (exact) mass is 364 g/mol. The highest BCUT2D eigenvalue weighted by atomic mass is 16.5. The smallest absolute Gasteiger partial charge is 0.338 e. The molecule has 1 heterocycles. The van der Waals surface area contributed by atoms with Gasteiger partial charge in [0, 0.05) is 11.6 Å². The lowest BCUT2D eigenvalue weighted by Crippen LogP contribution is -2.37. The van der Waals surface area contributed by atoms with Crippen molar-refractivity contribution in [2.24, 2.45) is 5.92 Å². The van der Waals surface area contributed by atoms with Gasteiger partial charge in [0.2, 0.25) is 0 Å². The topological polar surface area (TPSA) is 81.4 Å². The van der Waals surface area contributed by atoms with Crippen LogP contribution in [0.2, 0.25) is 0 Å². The van der Waals surface area contributed by atoms with Crippen molar-refractivity contribution < 1.29 is 18.8 Å². The van der Waals surface area contributed by atoms with E-state index in [0.29, 0.717) is 22.8 Å². The van der Waals surface area contributed by atoms with Gasteiger partial charge in [-0.2, -0.15) is 0 Å². The van der Waals surface area contributed by atoms with Gasteiger partial charge in [-0.15, -0.1) is 0 Å². The van der Waals surface area contributed by atoms with Crippen LogP contribution < -0.4 is 5.32 Å². The van der Waals surface area contributed by atoms with Gasteiger partial charge in [0.1, 0.15) is 5.52 Å². The maximum atomic E-state index is 12.3. The normalized spacial score (nSPS) is 14.7. The average molecular weight is 364 g/mol. The molecule has 27 heavy (non-hydrogen) atoms. The van der Waals surface area contributed by atoms with Crippen LogP contribution in [-0.2, 0) is 9.53 Å². The Bertz CT molecular complexity index is 976. The largest absolute Gasteiger partial charge is 0.452 e. The Balaban J connectivity index is 1.46. The molecule has 6 nitrogen and oxygen atoms in total. The van der Waals surface area contributed by atoms with Gasteiger partial charge in [0.25, 0.3) is 5.91 Å². The predicted octanol–water partition coefficient (Wildman–Crippen LogP) is 3.57.